The number of carbonyl (C=O) groups is 4. The molecule has 1 unspecified atom stereocenters. The molecule has 4 N–H and O–H groups in total. The predicted molar refractivity (Wildman–Crippen MR) is 69.3 cm³/mol. The molecule has 1 aliphatic heterocycles. The van der Waals surface area contributed by atoms with Crippen molar-refractivity contribution in [3.05, 3.63) is 0 Å². The molecule has 11 heteroatoms. The summed E-state index contributed by atoms with van der Waals surface area (Å²) in [5, 5.41) is 8.55. The van der Waals surface area contributed by atoms with Gasteiger partial charge in [0.2, 0.25) is 11.8 Å². The fourth-order valence-corrected chi connectivity index (χ4v) is 1.58. The Kier molecular flexibility index (Phi) is 6.91. The Labute approximate surface area is 124 Å². The molecule has 1 heterocycles. The summed E-state index contributed by atoms with van der Waals surface area (Å²) < 4.78 is 0. The summed E-state index contributed by atoms with van der Waals surface area (Å²) in [5.41, 5.74) is 5.45. The van der Waals surface area contributed by atoms with E-state index in [1.165, 1.54) is 0 Å². The summed E-state index contributed by atoms with van der Waals surface area (Å²) in [6.07, 6.45) is -0.142. The van der Waals surface area contributed by atoms with Crippen molar-refractivity contribution in [2.24, 2.45) is 5.73 Å². The third kappa shape index (κ3) is 5.97. The molecular formula is C10H15N3O7S. The fraction of sp³-hybridized carbons (Fsp3) is 0.600. The van der Waals surface area contributed by atoms with Crippen LogP contribution >= 0.6 is 12.6 Å². The first kappa shape index (κ1) is 17.2. The molecule has 0 aromatic heterocycles. The first-order valence-electron chi connectivity index (χ1n) is 5.95. The van der Waals surface area contributed by atoms with Crippen LogP contribution in [-0.2, 0) is 34.0 Å². The van der Waals surface area contributed by atoms with Crippen molar-refractivity contribution < 1.29 is 34.0 Å². The van der Waals surface area contributed by atoms with E-state index >= 15 is 0 Å². The van der Waals surface area contributed by atoms with E-state index in [1.54, 1.807) is 0 Å². The smallest absolute Gasteiger partial charge is 0.344 e. The zero-order chi connectivity index (χ0) is 15.8. The number of hydrogen-bond acceptors (Lipinski definition) is 9. The molecule has 0 aromatic carbocycles. The second kappa shape index (κ2) is 8.44. The normalized spacial score (nSPS) is 26.0. The number of amides is 2. The highest BCUT2D eigenvalue weighted by atomic mass is 32.1. The summed E-state index contributed by atoms with van der Waals surface area (Å²) in [6.45, 7) is -0.539. The van der Waals surface area contributed by atoms with E-state index in [1.807, 2.05) is 0 Å². The Morgan fingerprint density at radius 3 is 2.62 bits per heavy atom. The fourth-order valence-electron chi connectivity index (χ4n) is 1.33. The van der Waals surface area contributed by atoms with Gasteiger partial charge >= 0.3 is 11.9 Å². The predicted octanol–water partition coefficient (Wildman–Crippen LogP) is -2.43. The van der Waals surface area contributed by atoms with Gasteiger partial charge in [-0.2, -0.15) is 12.6 Å². The van der Waals surface area contributed by atoms with E-state index in [0.29, 0.717) is 0 Å². The molecule has 0 aromatic rings. The van der Waals surface area contributed by atoms with Gasteiger partial charge in [0.15, 0.2) is 0 Å². The first-order chi connectivity index (χ1) is 9.93. The SMILES string of the molecule is NC1CCC(=O)N[C@H](CS)C(=O)NCC(=O)OOOC1=O. The van der Waals surface area contributed by atoms with Gasteiger partial charge in [0.05, 0.1) is 0 Å². The Morgan fingerprint density at radius 2 is 1.95 bits per heavy atom. The number of thiol groups is 1. The lowest BCUT2D eigenvalue weighted by molar-refractivity contribution is -0.459. The average molecular weight is 321 g/mol. The van der Waals surface area contributed by atoms with Crippen LogP contribution in [0.4, 0.5) is 0 Å². The minimum atomic E-state index is -1.14. The van der Waals surface area contributed by atoms with Crippen LogP contribution in [0.3, 0.4) is 0 Å². The lowest BCUT2D eigenvalue weighted by Gasteiger charge is -2.17. The van der Waals surface area contributed by atoms with Crippen LogP contribution in [0.25, 0.3) is 0 Å². The maximum Gasteiger partial charge on any atom is 0.365 e. The molecule has 1 saturated heterocycles. The van der Waals surface area contributed by atoms with Crippen LogP contribution in [0.2, 0.25) is 0 Å². The Hall–Kier alpha value is -1.85. The van der Waals surface area contributed by atoms with Crippen molar-refractivity contribution in [1.82, 2.24) is 10.6 Å². The molecule has 0 aliphatic carbocycles. The van der Waals surface area contributed by atoms with Crippen LogP contribution in [0, 0.1) is 0 Å². The highest BCUT2D eigenvalue weighted by Gasteiger charge is 2.24. The molecular weight excluding hydrogens is 306 g/mol. The molecule has 0 radical (unpaired) electrons. The second-order valence-corrected chi connectivity index (χ2v) is 4.46. The maximum atomic E-state index is 11.7. The highest BCUT2D eigenvalue weighted by Crippen LogP contribution is 2.00. The van der Waals surface area contributed by atoms with Crippen molar-refractivity contribution in [2.45, 2.75) is 24.9 Å². The molecule has 2 atom stereocenters. The molecule has 1 aliphatic rings. The number of hydrogen-bond donors (Lipinski definition) is 4. The van der Waals surface area contributed by atoms with Gasteiger partial charge in [-0.3, -0.25) is 19.4 Å². The van der Waals surface area contributed by atoms with Crippen LogP contribution < -0.4 is 16.4 Å². The van der Waals surface area contributed by atoms with E-state index in [0.717, 1.165) is 0 Å². The minimum Gasteiger partial charge on any atom is -0.344 e. The molecule has 21 heavy (non-hydrogen) atoms. The van der Waals surface area contributed by atoms with Crippen LogP contribution in [0.5, 0.6) is 0 Å². The largest absolute Gasteiger partial charge is 0.365 e. The number of rotatable bonds is 1. The molecule has 10 nitrogen and oxygen atoms in total. The summed E-state index contributed by atoms with van der Waals surface area (Å²) in [4.78, 5) is 54.0. The van der Waals surface area contributed by atoms with E-state index in [-0.39, 0.29) is 18.6 Å². The standard InChI is InChI=1S/C10H15N3O7S/c11-5-1-2-7(14)13-6(4-21)9(16)12-3-8(15)18-20-19-10(5)17/h5-6,21H,1-4,11H2,(H,12,16)(H,13,14)/t5?,6-/m1/s1. The summed E-state index contributed by atoms with van der Waals surface area (Å²) in [6, 6.07) is -2.07. The first-order valence-corrected chi connectivity index (χ1v) is 6.58. The van der Waals surface area contributed by atoms with Crippen molar-refractivity contribution in [2.75, 3.05) is 12.3 Å². The van der Waals surface area contributed by atoms with Gasteiger partial charge in [-0.25, -0.2) is 9.59 Å². The number of nitrogens with one attached hydrogen (secondary N) is 2. The average Bonchev–Trinajstić information content (AvgIpc) is 2.46. The zero-order valence-corrected chi connectivity index (χ0v) is 11.8. The Morgan fingerprint density at radius 1 is 1.24 bits per heavy atom. The van der Waals surface area contributed by atoms with Gasteiger partial charge in [0.1, 0.15) is 18.6 Å². The molecule has 2 amide bonds. The monoisotopic (exact) mass is 321 g/mol. The van der Waals surface area contributed by atoms with Crippen LogP contribution in [0.1, 0.15) is 12.8 Å². The van der Waals surface area contributed by atoms with Crippen LogP contribution in [-0.4, -0.2) is 48.1 Å². The van der Waals surface area contributed by atoms with Gasteiger partial charge in [0, 0.05) is 17.2 Å². The third-order valence-electron chi connectivity index (χ3n) is 2.47. The Bertz CT molecular complexity index is 431. The zero-order valence-electron chi connectivity index (χ0n) is 10.9. The second-order valence-electron chi connectivity index (χ2n) is 4.09. The van der Waals surface area contributed by atoms with Crippen molar-refractivity contribution >= 4 is 36.4 Å². The lowest BCUT2D eigenvalue weighted by Crippen LogP contribution is -2.49. The van der Waals surface area contributed by atoms with E-state index in [4.69, 9.17) is 5.73 Å². The number of nitrogens with two attached hydrogens (primary N) is 1. The summed E-state index contributed by atoms with van der Waals surface area (Å²) in [7, 11) is 0. The molecule has 0 saturated carbocycles. The van der Waals surface area contributed by atoms with Crippen molar-refractivity contribution in [1.29, 1.82) is 0 Å². The topological polar surface area (TPSA) is 146 Å². The van der Waals surface area contributed by atoms with E-state index < -0.39 is 42.4 Å². The van der Waals surface area contributed by atoms with Gasteiger partial charge in [0.25, 0.3) is 0 Å². The van der Waals surface area contributed by atoms with Gasteiger partial charge in [-0.15, -0.1) is 0 Å². The summed E-state index contributed by atoms with van der Waals surface area (Å²) >= 11 is 3.93. The van der Waals surface area contributed by atoms with Crippen LogP contribution in [0.15, 0.2) is 0 Å². The highest BCUT2D eigenvalue weighted by molar-refractivity contribution is 7.80. The Balaban J connectivity index is 2.71. The minimum absolute atomic E-state index is 0.0250. The molecule has 1 rings (SSSR count). The third-order valence-corrected chi connectivity index (χ3v) is 2.83. The molecule has 118 valence electrons. The summed E-state index contributed by atoms with van der Waals surface area (Å²) in [5.74, 6) is -3.09. The molecule has 0 bridgehead atoms. The van der Waals surface area contributed by atoms with E-state index in [9.17, 15) is 19.2 Å². The van der Waals surface area contributed by atoms with Crippen molar-refractivity contribution in [3.8, 4) is 0 Å². The lowest BCUT2D eigenvalue weighted by atomic mass is 10.1. The molecule has 0 spiro atoms. The maximum absolute atomic E-state index is 11.7. The van der Waals surface area contributed by atoms with Crippen molar-refractivity contribution in [3.63, 3.8) is 0 Å². The quantitative estimate of drug-likeness (QED) is 0.308. The number of carbonyl (C=O) groups excluding carboxylic acids is 4. The molecule has 1 fully saturated rings. The van der Waals surface area contributed by atoms with E-state index in [2.05, 4.69) is 38.1 Å². The van der Waals surface area contributed by atoms with Gasteiger partial charge < -0.3 is 16.4 Å². The van der Waals surface area contributed by atoms with Gasteiger partial charge in [-0.1, -0.05) is 0 Å². The van der Waals surface area contributed by atoms with Gasteiger partial charge in [-0.05, 0) is 6.42 Å².